The number of rotatable bonds is 4. The lowest BCUT2D eigenvalue weighted by Gasteiger charge is -2.07. The summed E-state index contributed by atoms with van der Waals surface area (Å²) in [4.78, 5) is 4.57. The van der Waals surface area contributed by atoms with Gasteiger partial charge in [0.25, 0.3) is 0 Å². The Hall–Kier alpha value is -0.970. The standard InChI is InChI=1S/C12H18N4S/c1-16-10(5-7-15-16)4-6-13-12-14-8-11(17-12)9-2-3-9/h5,7,9,11H,2-4,6,8H2,1H3,(H,13,14). The van der Waals surface area contributed by atoms with Gasteiger partial charge in [0.05, 0.1) is 6.54 Å². The number of hydrogen-bond acceptors (Lipinski definition) is 4. The molecule has 1 aliphatic heterocycles. The van der Waals surface area contributed by atoms with Crippen LogP contribution in [0.25, 0.3) is 0 Å². The molecule has 1 atom stereocenters. The first kappa shape index (κ1) is 11.1. The zero-order chi connectivity index (χ0) is 11.7. The highest BCUT2D eigenvalue weighted by Crippen LogP contribution is 2.41. The summed E-state index contributed by atoms with van der Waals surface area (Å²) in [5.41, 5.74) is 1.26. The van der Waals surface area contributed by atoms with E-state index in [4.69, 9.17) is 0 Å². The van der Waals surface area contributed by atoms with Gasteiger partial charge in [-0.25, -0.2) is 0 Å². The first-order chi connectivity index (χ1) is 8.33. The van der Waals surface area contributed by atoms with Crippen molar-refractivity contribution < 1.29 is 0 Å². The molecule has 17 heavy (non-hydrogen) atoms. The normalized spacial score (nSPS) is 23.8. The van der Waals surface area contributed by atoms with Crippen LogP contribution in [0.4, 0.5) is 0 Å². The highest BCUT2D eigenvalue weighted by Gasteiger charge is 2.35. The lowest BCUT2D eigenvalue weighted by molar-refractivity contribution is 0.696. The fourth-order valence-electron chi connectivity index (χ4n) is 2.15. The second-order valence-corrected chi connectivity index (χ2v) is 5.99. The van der Waals surface area contributed by atoms with Crippen LogP contribution < -0.4 is 5.32 Å². The number of aryl methyl sites for hydroxylation is 1. The molecule has 1 aromatic heterocycles. The van der Waals surface area contributed by atoms with Gasteiger partial charge >= 0.3 is 0 Å². The molecule has 0 bridgehead atoms. The van der Waals surface area contributed by atoms with Crippen molar-refractivity contribution in [3.63, 3.8) is 0 Å². The first-order valence-corrected chi connectivity index (χ1v) is 7.13. The molecular formula is C12H18N4S. The molecule has 0 amide bonds. The van der Waals surface area contributed by atoms with Gasteiger partial charge in [-0.2, -0.15) is 5.10 Å². The van der Waals surface area contributed by atoms with E-state index in [0.29, 0.717) is 0 Å². The largest absolute Gasteiger partial charge is 0.365 e. The smallest absolute Gasteiger partial charge is 0.156 e. The van der Waals surface area contributed by atoms with Crippen molar-refractivity contribution in [3.05, 3.63) is 18.0 Å². The minimum absolute atomic E-state index is 0.759. The van der Waals surface area contributed by atoms with Crippen LogP contribution in [-0.2, 0) is 13.5 Å². The zero-order valence-corrected chi connectivity index (χ0v) is 10.9. The Morgan fingerprint density at radius 2 is 2.41 bits per heavy atom. The van der Waals surface area contributed by atoms with Crippen LogP contribution in [0.1, 0.15) is 18.5 Å². The maximum Gasteiger partial charge on any atom is 0.156 e. The van der Waals surface area contributed by atoms with Crippen molar-refractivity contribution in [2.24, 2.45) is 18.0 Å². The Morgan fingerprint density at radius 1 is 1.53 bits per heavy atom. The highest BCUT2D eigenvalue weighted by atomic mass is 32.2. The van der Waals surface area contributed by atoms with E-state index in [-0.39, 0.29) is 0 Å². The van der Waals surface area contributed by atoms with Crippen LogP contribution in [0.15, 0.2) is 17.3 Å². The number of nitrogens with one attached hydrogen (secondary N) is 1. The number of aromatic nitrogens is 2. The summed E-state index contributed by atoms with van der Waals surface area (Å²) < 4.78 is 1.93. The summed E-state index contributed by atoms with van der Waals surface area (Å²) in [7, 11) is 1.99. The summed E-state index contributed by atoms with van der Waals surface area (Å²) in [6.07, 6.45) is 5.68. The second-order valence-electron chi connectivity index (χ2n) is 4.76. The molecule has 2 heterocycles. The number of amidine groups is 1. The van der Waals surface area contributed by atoms with Gasteiger partial charge in [0.15, 0.2) is 5.17 Å². The zero-order valence-electron chi connectivity index (χ0n) is 10.1. The van der Waals surface area contributed by atoms with Crippen molar-refractivity contribution in [2.45, 2.75) is 24.5 Å². The topological polar surface area (TPSA) is 42.2 Å². The first-order valence-electron chi connectivity index (χ1n) is 6.25. The van der Waals surface area contributed by atoms with Crippen LogP contribution in [-0.4, -0.2) is 33.3 Å². The Kier molecular flexibility index (Phi) is 3.09. The minimum Gasteiger partial charge on any atom is -0.365 e. The fourth-order valence-corrected chi connectivity index (χ4v) is 3.38. The van der Waals surface area contributed by atoms with E-state index in [2.05, 4.69) is 21.5 Å². The summed E-state index contributed by atoms with van der Waals surface area (Å²) in [5, 5.41) is 9.50. The van der Waals surface area contributed by atoms with Crippen LogP contribution in [0.3, 0.4) is 0 Å². The molecule has 0 saturated heterocycles. The quantitative estimate of drug-likeness (QED) is 0.879. The van der Waals surface area contributed by atoms with Gasteiger partial charge < -0.3 is 5.32 Å². The van der Waals surface area contributed by atoms with E-state index in [1.54, 1.807) is 0 Å². The molecule has 1 aromatic rings. The van der Waals surface area contributed by atoms with Gasteiger partial charge in [0.2, 0.25) is 0 Å². The van der Waals surface area contributed by atoms with Crippen LogP contribution in [0.2, 0.25) is 0 Å². The van der Waals surface area contributed by atoms with E-state index in [9.17, 15) is 0 Å². The van der Waals surface area contributed by atoms with Gasteiger partial charge in [-0.15, -0.1) is 0 Å². The Bertz CT molecular complexity index is 422. The maximum absolute atomic E-state index is 4.57. The fraction of sp³-hybridized carbons (Fsp3) is 0.667. The average molecular weight is 250 g/mol. The lowest BCUT2D eigenvalue weighted by atomic mass is 10.3. The Labute approximate surface area is 106 Å². The average Bonchev–Trinajstić information content (AvgIpc) is 2.94. The molecule has 1 aliphatic carbocycles. The van der Waals surface area contributed by atoms with E-state index in [1.807, 2.05) is 29.7 Å². The Morgan fingerprint density at radius 3 is 3.12 bits per heavy atom. The van der Waals surface area contributed by atoms with Crippen LogP contribution in [0.5, 0.6) is 0 Å². The highest BCUT2D eigenvalue weighted by molar-refractivity contribution is 8.14. The molecule has 4 nitrogen and oxygen atoms in total. The molecule has 1 N–H and O–H groups in total. The summed E-state index contributed by atoms with van der Waals surface area (Å²) in [6.45, 7) is 1.96. The van der Waals surface area contributed by atoms with Crippen LogP contribution >= 0.6 is 11.8 Å². The molecule has 1 saturated carbocycles. The van der Waals surface area contributed by atoms with Crippen molar-refractivity contribution >= 4 is 16.9 Å². The lowest BCUT2D eigenvalue weighted by Crippen LogP contribution is -2.23. The van der Waals surface area contributed by atoms with Crippen LogP contribution in [0, 0.1) is 5.92 Å². The second kappa shape index (κ2) is 4.72. The monoisotopic (exact) mass is 250 g/mol. The summed E-state index contributed by atoms with van der Waals surface area (Å²) in [6, 6.07) is 2.07. The van der Waals surface area contributed by atoms with Gasteiger partial charge in [-0.3, -0.25) is 9.67 Å². The third-order valence-electron chi connectivity index (χ3n) is 3.41. The molecule has 0 aromatic carbocycles. The molecule has 3 rings (SSSR count). The van der Waals surface area contributed by atoms with E-state index < -0.39 is 0 Å². The SMILES string of the molecule is Cn1nccc1CCNC1=NCC(C2CC2)S1. The molecule has 1 fully saturated rings. The Balaban J connectivity index is 1.41. The molecule has 0 radical (unpaired) electrons. The van der Waals surface area contributed by atoms with Gasteiger partial charge in [0, 0.05) is 37.2 Å². The van der Waals surface area contributed by atoms with E-state index >= 15 is 0 Å². The summed E-state index contributed by atoms with van der Waals surface area (Å²) >= 11 is 1.94. The van der Waals surface area contributed by atoms with E-state index in [1.165, 1.54) is 18.5 Å². The molecule has 1 unspecified atom stereocenters. The van der Waals surface area contributed by atoms with Crippen molar-refractivity contribution in [1.29, 1.82) is 0 Å². The molecule has 0 spiro atoms. The van der Waals surface area contributed by atoms with Gasteiger partial charge in [-0.1, -0.05) is 11.8 Å². The summed E-state index contributed by atoms with van der Waals surface area (Å²) in [5.74, 6) is 0.945. The number of aliphatic imine (C=N–C) groups is 1. The number of thioether (sulfide) groups is 1. The number of hydrogen-bond donors (Lipinski definition) is 1. The molecule has 92 valence electrons. The third kappa shape index (κ3) is 2.65. The van der Waals surface area contributed by atoms with Gasteiger partial charge in [-0.05, 0) is 24.8 Å². The van der Waals surface area contributed by atoms with Gasteiger partial charge in [0.1, 0.15) is 0 Å². The van der Waals surface area contributed by atoms with Crippen molar-refractivity contribution in [3.8, 4) is 0 Å². The van der Waals surface area contributed by atoms with Crippen molar-refractivity contribution in [1.82, 2.24) is 15.1 Å². The van der Waals surface area contributed by atoms with Crippen molar-refractivity contribution in [2.75, 3.05) is 13.1 Å². The third-order valence-corrected chi connectivity index (χ3v) is 4.74. The predicted octanol–water partition coefficient (Wildman–Crippen LogP) is 1.43. The molecule has 2 aliphatic rings. The maximum atomic E-state index is 4.57. The number of nitrogens with zero attached hydrogens (tertiary/aromatic N) is 3. The molecule has 5 heteroatoms. The molecular weight excluding hydrogens is 232 g/mol. The van der Waals surface area contributed by atoms with E-state index in [0.717, 1.165) is 35.8 Å². The minimum atomic E-state index is 0.759. The predicted molar refractivity (Wildman–Crippen MR) is 71.3 cm³/mol.